The van der Waals surface area contributed by atoms with Gasteiger partial charge in [0.2, 0.25) is 11.8 Å². The van der Waals surface area contributed by atoms with Gasteiger partial charge in [0.15, 0.2) is 5.13 Å². The molecule has 0 radical (unpaired) electrons. The van der Waals surface area contributed by atoms with Crippen LogP contribution in [0.15, 0.2) is 53.7 Å². The average molecular weight is 724 g/mol. The molecule has 0 spiro atoms. The summed E-state index contributed by atoms with van der Waals surface area (Å²) in [5.41, 5.74) is 4.27. The first-order valence-corrected chi connectivity index (χ1v) is 18.7. The number of ether oxygens (including phenoxy) is 1. The molecule has 270 valence electrons. The summed E-state index contributed by atoms with van der Waals surface area (Å²) in [6.07, 6.45) is 7.63. The van der Waals surface area contributed by atoms with Crippen molar-refractivity contribution in [2.24, 2.45) is 13.0 Å². The lowest BCUT2D eigenvalue weighted by molar-refractivity contribution is -0.135. The fourth-order valence-electron chi connectivity index (χ4n) is 8.08. The minimum atomic E-state index is -0.681. The monoisotopic (exact) mass is 723 g/mol. The van der Waals surface area contributed by atoms with Gasteiger partial charge in [0, 0.05) is 45.4 Å². The number of para-hydroxylation sites is 1. The Morgan fingerprint density at radius 1 is 1.04 bits per heavy atom. The van der Waals surface area contributed by atoms with E-state index in [0.717, 1.165) is 90.4 Å². The highest BCUT2D eigenvalue weighted by molar-refractivity contribution is 7.22. The van der Waals surface area contributed by atoms with Crippen LogP contribution in [-0.4, -0.2) is 86.5 Å². The SMILES string of the molecule is COc1cc2nc(N3CCC(CN4CCC(c5cccc6c5n(C)c(=O)n6C5CCC(=O)NC5=O)CC4)CC3)sc2cc1NC(=O)c1ccncn1. The van der Waals surface area contributed by atoms with Gasteiger partial charge in [0.1, 0.15) is 23.8 Å². The molecule has 3 aromatic heterocycles. The molecule has 2 aromatic carbocycles. The van der Waals surface area contributed by atoms with Crippen molar-refractivity contribution in [1.82, 2.24) is 34.3 Å². The molecule has 3 amide bonds. The van der Waals surface area contributed by atoms with Gasteiger partial charge in [-0.3, -0.25) is 28.8 Å². The molecule has 6 heterocycles. The summed E-state index contributed by atoms with van der Waals surface area (Å²) in [4.78, 5) is 68.4. The van der Waals surface area contributed by atoms with Crippen LogP contribution in [0.25, 0.3) is 21.3 Å². The van der Waals surface area contributed by atoms with E-state index in [0.29, 0.717) is 29.7 Å². The highest BCUT2D eigenvalue weighted by atomic mass is 32.1. The number of imide groups is 1. The molecule has 1 atom stereocenters. The maximum Gasteiger partial charge on any atom is 0.329 e. The van der Waals surface area contributed by atoms with Crippen molar-refractivity contribution in [3.05, 3.63) is 70.7 Å². The number of nitrogens with one attached hydrogen (secondary N) is 2. The number of amides is 3. The number of imidazole rings is 1. The third kappa shape index (κ3) is 6.43. The molecule has 15 heteroatoms. The molecule has 8 rings (SSSR count). The topological polar surface area (TPSA) is 157 Å². The Balaban J connectivity index is 0.880. The van der Waals surface area contributed by atoms with Crippen LogP contribution >= 0.6 is 11.3 Å². The summed E-state index contributed by atoms with van der Waals surface area (Å²) in [7, 11) is 3.36. The zero-order valence-corrected chi connectivity index (χ0v) is 30.0. The molecular formula is C37H41N9O5S. The lowest BCUT2D eigenvalue weighted by Gasteiger charge is -2.37. The maximum atomic E-state index is 13.4. The van der Waals surface area contributed by atoms with Gasteiger partial charge in [-0.15, -0.1) is 0 Å². The van der Waals surface area contributed by atoms with Crippen molar-refractivity contribution in [3.63, 3.8) is 0 Å². The fourth-order valence-corrected chi connectivity index (χ4v) is 9.12. The summed E-state index contributed by atoms with van der Waals surface area (Å²) in [5, 5.41) is 6.29. The van der Waals surface area contributed by atoms with Crippen molar-refractivity contribution in [2.75, 3.05) is 50.1 Å². The number of aryl methyl sites for hydroxylation is 1. The van der Waals surface area contributed by atoms with Crippen molar-refractivity contribution in [3.8, 4) is 5.75 Å². The first-order chi connectivity index (χ1) is 25.3. The first kappa shape index (κ1) is 34.0. The van der Waals surface area contributed by atoms with E-state index in [4.69, 9.17) is 9.72 Å². The van der Waals surface area contributed by atoms with Crippen LogP contribution in [0, 0.1) is 5.92 Å². The second-order valence-electron chi connectivity index (χ2n) is 14.0. The van der Waals surface area contributed by atoms with E-state index in [9.17, 15) is 19.2 Å². The standard InChI is InChI=1S/C37H41N9O5S/c1-43-33-24(4-3-5-28(33)46(37(43)50)29-6-7-32(47)42-35(29)49)23-11-14-44(15-12-23)20-22-9-16-45(17-10-22)36-41-27-18-30(51-2)26(19-31(27)52-36)40-34(48)25-8-13-38-21-39-25/h3-5,8,13,18-19,21-23,29H,6-7,9-12,14-17,20H2,1-2H3,(H,40,48)(H,42,47,49). The third-order valence-corrected chi connectivity index (χ3v) is 11.9. The molecule has 3 saturated heterocycles. The molecule has 52 heavy (non-hydrogen) atoms. The molecule has 0 saturated carbocycles. The molecule has 2 N–H and O–H groups in total. The number of hydrogen-bond donors (Lipinski definition) is 2. The average Bonchev–Trinajstić information content (AvgIpc) is 3.69. The number of anilines is 2. The Morgan fingerprint density at radius 3 is 2.58 bits per heavy atom. The van der Waals surface area contributed by atoms with Crippen LogP contribution in [0.4, 0.5) is 10.8 Å². The highest BCUT2D eigenvalue weighted by Gasteiger charge is 2.33. The number of carbonyl (C=O) groups is 3. The number of hydrogen-bond acceptors (Lipinski definition) is 11. The van der Waals surface area contributed by atoms with Crippen LogP contribution in [0.3, 0.4) is 0 Å². The van der Waals surface area contributed by atoms with Crippen LogP contribution in [0.5, 0.6) is 5.75 Å². The van der Waals surface area contributed by atoms with Crippen LogP contribution in [0.1, 0.15) is 66.5 Å². The van der Waals surface area contributed by atoms with E-state index >= 15 is 0 Å². The molecule has 3 fully saturated rings. The zero-order valence-electron chi connectivity index (χ0n) is 29.2. The van der Waals surface area contributed by atoms with Crippen LogP contribution in [0.2, 0.25) is 0 Å². The predicted molar refractivity (Wildman–Crippen MR) is 198 cm³/mol. The molecule has 0 bridgehead atoms. The largest absolute Gasteiger partial charge is 0.494 e. The van der Waals surface area contributed by atoms with Crippen molar-refractivity contribution < 1.29 is 19.1 Å². The third-order valence-electron chi connectivity index (χ3n) is 10.8. The van der Waals surface area contributed by atoms with Gasteiger partial charge in [0.05, 0.1) is 34.0 Å². The molecule has 14 nitrogen and oxygen atoms in total. The number of nitrogens with zero attached hydrogens (tertiary/aromatic N) is 7. The summed E-state index contributed by atoms with van der Waals surface area (Å²) in [6.45, 7) is 4.95. The summed E-state index contributed by atoms with van der Waals surface area (Å²) in [5.74, 6) is 0.443. The van der Waals surface area contributed by atoms with Gasteiger partial charge in [-0.2, -0.15) is 0 Å². The normalized spacial score (nSPS) is 19.3. The van der Waals surface area contributed by atoms with E-state index in [1.807, 2.05) is 24.3 Å². The predicted octanol–water partition coefficient (Wildman–Crippen LogP) is 4.07. The highest BCUT2D eigenvalue weighted by Crippen LogP contribution is 2.38. The minimum absolute atomic E-state index is 0.223. The van der Waals surface area contributed by atoms with Gasteiger partial charge < -0.3 is 19.9 Å². The summed E-state index contributed by atoms with van der Waals surface area (Å²) in [6, 6.07) is 10.7. The number of methoxy groups -OCH3 is 1. The smallest absolute Gasteiger partial charge is 0.329 e. The number of fused-ring (bicyclic) bond motifs is 2. The van der Waals surface area contributed by atoms with Gasteiger partial charge in [-0.1, -0.05) is 23.5 Å². The fraction of sp³-hybridized carbons (Fsp3) is 0.432. The molecule has 0 aliphatic carbocycles. The van der Waals surface area contributed by atoms with Crippen molar-refractivity contribution in [2.45, 2.75) is 50.5 Å². The Labute approximate surface area is 303 Å². The Morgan fingerprint density at radius 2 is 1.85 bits per heavy atom. The van der Waals surface area contributed by atoms with E-state index in [1.165, 1.54) is 12.5 Å². The quantitative estimate of drug-likeness (QED) is 0.224. The summed E-state index contributed by atoms with van der Waals surface area (Å²) < 4.78 is 9.81. The number of carbonyl (C=O) groups excluding carboxylic acids is 3. The van der Waals surface area contributed by atoms with E-state index < -0.39 is 11.9 Å². The lowest BCUT2D eigenvalue weighted by atomic mass is 9.87. The van der Waals surface area contributed by atoms with E-state index in [2.05, 4.69) is 36.5 Å². The first-order valence-electron chi connectivity index (χ1n) is 17.8. The molecule has 5 aromatic rings. The van der Waals surface area contributed by atoms with Gasteiger partial charge >= 0.3 is 5.69 Å². The minimum Gasteiger partial charge on any atom is -0.494 e. The maximum absolute atomic E-state index is 13.4. The van der Waals surface area contributed by atoms with Crippen molar-refractivity contribution >= 4 is 61.1 Å². The van der Waals surface area contributed by atoms with E-state index in [1.54, 1.807) is 40.7 Å². The molecular weight excluding hydrogens is 683 g/mol. The van der Waals surface area contributed by atoms with E-state index in [-0.39, 0.29) is 29.6 Å². The number of piperidine rings is 3. The zero-order chi connectivity index (χ0) is 35.9. The molecule has 3 aliphatic heterocycles. The second-order valence-corrected chi connectivity index (χ2v) is 15.0. The number of aromatic nitrogens is 5. The van der Waals surface area contributed by atoms with Gasteiger partial charge in [-0.25, -0.2) is 19.7 Å². The summed E-state index contributed by atoms with van der Waals surface area (Å²) >= 11 is 1.62. The number of benzene rings is 2. The molecule has 1 unspecified atom stereocenters. The number of thiazole rings is 1. The number of likely N-dealkylation sites (tertiary alicyclic amines) is 1. The Kier molecular flexibility index (Phi) is 9.22. The van der Waals surface area contributed by atoms with Gasteiger partial charge in [-0.05, 0) is 80.8 Å². The molecule has 3 aliphatic rings. The Hall–Kier alpha value is -5.15. The van der Waals surface area contributed by atoms with Crippen LogP contribution in [-0.2, 0) is 16.6 Å². The second kappa shape index (κ2) is 14.1. The van der Waals surface area contributed by atoms with Gasteiger partial charge in [0.25, 0.3) is 5.91 Å². The lowest BCUT2D eigenvalue weighted by Crippen LogP contribution is -2.44. The van der Waals surface area contributed by atoms with Crippen LogP contribution < -0.4 is 26.0 Å². The number of rotatable bonds is 8. The Bertz CT molecular complexity index is 2220. The van der Waals surface area contributed by atoms with Crippen molar-refractivity contribution in [1.29, 1.82) is 0 Å².